The molecular weight excluding hydrogens is 219 g/mol. The molecule has 1 saturated heterocycles. The number of nitrogens with two attached hydrogens (primary N) is 1. The van der Waals surface area contributed by atoms with Crippen LogP contribution in [0.1, 0.15) is 10.4 Å². The van der Waals surface area contributed by atoms with Crippen LogP contribution in [0, 0.1) is 5.82 Å². The zero-order valence-electron chi connectivity index (χ0n) is 7.91. The molecule has 0 radical (unpaired) electrons. The van der Waals surface area contributed by atoms with Gasteiger partial charge >= 0.3 is 0 Å². The van der Waals surface area contributed by atoms with Gasteiger partial charge in [-0.15, -0.1) is 0 Å². The number of likely N-dealkylation sites (tertiary alicyclic amines) is 1. The molecule has 1 aromatic carbocycles. The molecule has 1 amide bonds. The van der Waals surface area contributed by atoms with Gasteiger partial charge in [0.1, 0.15) is 5.82 Å². The maximum atomic E-state index is 13.1. The summed E-state index contributed by atoms with van der Waals surface area (Å²) < 4.78 is 13.1. The van der Waals surface area contributed by atoms with Crippen LogP contribution in [0.3, 0.4) is 0 Å². The minimum atomic E-state index is -0.577. The molecule has 80 valence electrons. The van der Waals surface area contributed by atoms with E-state index < -0.39 is 5.82 Å². The molecule has 15 heavy (non-hydrogen) atoms. The van der Waals surface area contributed by atoms with Gasteiger partial charge in [-0.2, -0.15) is 0 Å². The molecule has 2 N–H and O–H groups in total. The predicted octanol–water partition coefficient (Wildman–Crippen LogP) is 1.26. The van der Waals surface area contributed by atoms with Gasteiger partial charge < -0.3 is 10.6 Å². The lowest BCUT2D eigenvalue weighted by molar-refractivity contribution is 0.0608. The average Bonchev–Trinajstić information content (AvgIpc) is 2.16. The number of carbonyl (C=O) groups excluding carboxylic acids is 1. The third-order valence-corrected chi connectivity index (χ3v) is 2.76. The van der Waals surface area contributed by atoms with E-state index in [1.165, 1.54) is 18.2 Å². The number of benzene rings is 1. The van der Waals surface area contributed by atoms with E-state index in [1.54, 1.807) is 4.90 Å². The number of rotatable bonds is 1. The number of nitrogens with zero attached hydrogens (tertiary/aromatic N) is 1. The lowest BCUT2D eigenvalue weighted by Crippen LogP contribution is -2.57. The molecule has 0 bridgehead atoms. The van der Waals surface area contributed by atoms with Crippen LogP contribution in [0.5, 0.6) is 0 Å². The van der Waals surface area contributed by atoms with E-state index in [4.69, 9.17) is 17.3 Å². The Labute approximate surface area is 91.6 Å². The molecule has 5 heteroatoms. The van der Waals surface area contributed by atoms with E-state index in [0.717, 1.165) is 0 Å². The Kier molecular flexibility index (Phi) is 2.63. The first-order valence-electron chi connectivity index (χ1n) is 4.58. The van der Waals surface area contributed by atoms with E-state index >= 15 is 0 Å². The number of hydrogen-bond donors (Lipinski definition) is 1. The maximum absolute atomic E-state index is 13.1. The van der Waals surface area contributed by atoms with Gasteiger partial charge in [-0.25, -0.2) is 4.39 Å². The zero-order valence-corrected chi connectivity index (χ0v) is 8.67. The maximum Gasteiger partial charge on any atom is 0.255 e. The Morgan fingerprint density at radius 3 is 2.80 bits per heavy atom. The highest BCUT2D eigenvalue weighted by molar-refractivity contribution is 6.34. The third kappa shape index (κ3) is 1.82. The minimum Gasteiger partial charge on any atom is -0.335 e. The fourth-order valence-electron chi connectivity index (χ4n) is 1.52. The van der Waals surface area contributed by atoms with Crippen molar-refractivity contribution in [2.75, 3.05) is 13.1 Å². The Hall–Kier alpha value is -1.13. The average molecular weight is 229 g/mol. The van der Waals surface area contributed by atoms with Gasteiger partial charge in [0.25, 0.3) is 5.91 Å². The van der Waals surface area contributed by atoms with Gasteiger partial charge in [-0.1, -0.05) is 17.7 Å². The Balaban J connectivity index is 2.22. The number of amides is 1. The second kappa shape index (κ2) is 3.79. The van der Waals surface area contributed by atoms with Crippen LogP contribution in [0.4, 0.5) is 4.39 Å². The van der Waals surface area contributed by atoms with Crippen LogP contribution in [-0.2, 0) is 0 Å². The van der Waals surface area contributed by atoms with Crippen molar-refractivity contribution < 1.29 is 9.18 Å². The molecule has 0 unspecified atom stereocenters. The topological polar surface area (TPSA) is 46.3 Å². The van der Waals surface area contributed by atoms with Crippen molar-refractivity contribution in [3.63, 3.8) is 0 Å². The highest BCUT2D eigenvalue weighted by Crippen LogP contribution is 2.22. The highest BCUT2D eigenvalue weighted by atomic mass is 35.5. The Morgan fingerprint density at radius 1 is 1.53 bits per heavy atom. The van der Waals surface area contributed by atoms with E-state index in [1.807, 2.05) is 0 Å². The quantitative estimate of drug-likeness (QED) is 0.787. The molecule has 0 aliphatic carbocycles. The van der Waals surface area contributed by atoms with Crippen LogP contribution in [0.2, 0.25) is 5.02 Å². The van der Waals surface area contributed by atoms with Crippen molar-refractivity contribution in [1.82, 2.24) is 4.90 Å². The molecule has 0 saturated carbocycles. The van der Waals surface area contributed by atoms with E-state index in [-0.39, 0.29) is 22.5 Å². The number of hydrogen-bond acceptors (Lipinski definition) is 2. The first-order chi connectivity index (χ1) is 7.09. The molecule has 1 aliphatic heterocycles. The normalized spacial score (nSPS) is 16.3. The second-order valence-corrected chi connectivity index (χ2v) is 3.95. The summed E-state index contributed by atoms with van der Waals surface area (Å²) in [5.74, 6) is -0.839. The van der Waals surface area contributed by atoms with Crippen LogP contribution < -0.4 is 5.73 Å². The van der Waals surface area contributed by atoms with Crippen molar-refractivity contribution in [3.8, 4) is 0 Å². The molecule has 1 fully saturated rings. The lowest BCUT2D eigenvalue weighted by Gasteiger charge is -2.37. The monoisotopic (exact) mass is 228 g/mol. The van der Waals surface area contributed by atoms with Crippen molar-refractivity contribution in [2.45, 2.75) is 6.04 Å². The van der Waals surface area contributed by atoms with Crippen LogP contribution in [-0.4, -0.2) is 29.9 Å². The molecule has 1 aromatic rings. The van der Waals surface area contributed by atoms with Gasteiger partial charge in [0.2, 0.25) is 0 Å². The number of carbonyl (C=O) groups is 1. The van der Waals surface area contributed by atoms with E-state index in [9.17, 15) is 9.18 Å². The molecular formula is C10H10ClFN2O. The SMILES string of the molecule is NC1CN(C(=O)c2cccc(F)c2Cl)C1. The first kappa shape index (κ1) is 10.4. The van der Waals surface area contributed by atoms with Crippen molar-refractivity contribution in [3.05, 3.63) is 34.6 Å². The Morgan fingerprint density at radius 2 is 2.20 bits per heavy atom. The van der Waals surface area contributed by atoms with Crippen LogP contribution >= 0.6 is 11.6 Å². The minimum absolute atomic E-state index is 0.0290. The summed E-state index contributed by atoms with van der Waals surface area (Å²) in [6.07, 6.45) is 0. The summed E-state index contributed by atoms with van der Waals surface area (Å²) in [6.45, 7) is 1.01. The zero-order chi connectivity index (χ0) is 11.0. The third-order valence-electron chi connectivity index (χ3n) is 2.38. The van der Waals surface area contributed by atoms with Gasteiger partial charge in [0, 0.05) is 19.1 Å². The first-order valence-corrected chi connectivity index (χ1v) is 4.96. The lowest BCUT2D eigenvalue weighted by atomic mass is 10.1. The summed E-state index contributed by atoms with van der Waals surface area (Å²) >= 11 is 5.70. The van der Waals surface area contributed by atoms with E-state index in [2.05, 4.69) is 0 Å². The van der Waals surface area contributed by atoms with Crippen molar-refractivity contribution in [1.29, 1.82) is 0 Å². The van der Waals surface area contributed by atoms with Gasteiger partial charge in [-0.3, -0.25) is 4.79 Å². The van der Waals surface area contributed by atoms with Crippen LogP contribution in [0.15, 0.2) is 18.2 Å². The summed E-state index contributed by atoms with van der Waals surface area (Å²) in [7, 11) is 0. The molecule has 1 heterocycles. The molecule has 1 aliphatic rings. The van der Waals surface area contributed by atoms with Gasteiger partial charge in [-0.05, 0) is 12.1 Å². The fourth-order valence-corrected chi connectivity index (χ4v) is 1.72. The smallest absolute Gasteiger partial charge is 0.255 e. The Bertz CT molecular complexity index is 404. The fraction of sp³-hybridized carbons (Fsp3) is 0.300. The van der Waals surface area contributed by atoms with Crippen molar-refractivity contribution >= 4 is 17.5 Å². The summed E-state index contributed by atoms with van der Waals surface area (Å²) in [6, 6.07) is 4.23. The van der Waals surface area contributed by atoms with Gasteiger partial charge in [0.05, 0.1) is 10.6 Å². The second-order valence-electron chi connectivity index (χ2n) is 3.57. The summed E-state index contributed by atoms with van der Waals surface area (Å²) in [4.78, 5) is 13.3. The molecule has 2 rings (SSSR count). The van der Waals surface area contributed by atoms with Crippen molar-refractivity contribution in [2.24, 2.45) is 5.73 Å². The largest absolute Gasteiger partial charge is 0.335 e. The standard InChI is InChI=1S/C10H10ClFN2O/c11-9-7(2-1-3-8(9)12)10(15)14-4-6(13)5-14/h1-3,6H,4-5,13H2. The number of halogens is 2. The van der Waals surface area contributed by atoms with Crippen LogP contribution in [0.25, 0.3) is 0 Å². The predicted molar refractivity (Wildman–Crippen MR) is 55.3 cm³/mol. The molecule has 0 atom stereocenters. The summed E-state index contributed by atoms with van der Waals surface area (Å²) in [5, 5.41) is -0.122. The molecule has 3 nitrogen and oxygen atoms in total. The van der Waals surface area contributed by atoms with Gasteiger partial charge in [0.15, 0.2) is 0 Å². The summed E-state index contributed by atoms with van der Waals surface area (Å²) in [5.41, 5.74) is 5.75. The molecule has 0 aromatic heterocycles. The van der Waals surface area contributed by atoms with E-state index in [0.29, 0.717) is 13.1 Å². The highest BCUT2D eigenvalue weighted by Gasteiger charge is 2.29. The molecule has 0 spiro atoms.